The molecule has 11 heteroatoms. The van der Waals surface area contributed by atoms with Gasteiger partial charge in [-0.1, -0.05) is 18.2 Å². The van der Waals surface area contributed by atoms with Crippen LogP contribution in [0.5, 0.6) is 0 Å². The summed E-state index contributed by atoms with van der Waals surface area (Å²) in [5, 5.41) is 8.94. The van der Waals surface area contributed by atoms with Crippen molar-refractivity contribution in [3.8, 4) is 0 Å². The highest BCUT2D eigenvalue weighted by Crippen LogP contribution is 2.28. The fourth-order valence-corrected chi connectivity index (χ4v) is 4.59. The summed E-state index contributed by atoms with van der Waals surface area (Å²) in [7, 11) is 1.70. The van der Waals surface area contributed by atoms with Gasteiger partial charge < -0.3 is 25.8 Å². The molecule has 1 aromatic heterocycles. The minimum atomic E-state index is -0.986. The molecule has 2 aliphatic rings. The van der Waals surface area contributed by atoms with Gasteiger partial charge in [0.15, 0.2) is 0 Å². The number of urea groups is 1. The van der Waals surface area contributed by atoms with Crippen LogP contribution in [0.15, 0.2) is 64.5 Å². The van der Waals surface area contributed by atoms with Crippen molar-refractivity contribution in [2.24, 2.45) is 0 Å². The molecular formula is C27H25FN6O3S. The fourth-order valence-electron chi connectivity index (χ4n) is 4.37. The minimum absolute atomic E-state index is 0.0118. The van der Waals surface area contributed by atoms with Gasteiger partial charge in [-0.25, -0.2) is 14.2 Å². The van der Waals surface area contributed by atoms with Crippen LogP contribution in [-0.2, 0) is 17.9 Å². The van der Waals surface area contributed by atoms with Crippen molar-refractivity contribution >= 4 is 46.8 Å². The average Bonchev–Trinajstić information content (AvgIpc) is 2.88. The molecule has 4 bridgehead atoms. The summed E-state index contributed by atoms with van der Waals surface area (Å²) in [6.07, 6.45) is 1.21. The quantitative estimate of drug-likeness (QED) is 0.249. The lowest BCUT2D eigenvalue weighted by Crippen LogP contribution is -2.33. The van der Waals surface area contributed by atoms with Crippen LogP contribution >= 0.6 is 12.6 Å². The zero-order chi connectivity index (χ0) is 27.0. The van der Waals surface area contributed by atoms with Gasteiger partial charge >= 0.3 is 6.03 Å². The van der Waals surface area contributed by atoms with Crippen molar-refractivity contribution in [2.75, 3.05) is 17.7 Å². The van der Waals surface area contributed by atoms with E-state index in [1.807, 2.05) is 19.1 Å². The molecule has 3 amide bonds. The van der Waals surface area contributed by atoms with Crippen molar-refractivity contribution in [3.63, 3.8) is 0 Å². The summed E-state index contributed by atoms with van der Waals surface area (Å²) < 4.78 is 15.1. The number of carbonyl (C=O) groups is 2. The van der Waals surface area contributed by atoms with Crippen molar-refractivity contribution in [2.45, 2.75) is 31.0 Å². The Kier molecular flexibility index (Phi) is 6.77. The number of rotatable bonds is 2. The molecule has 1 atom stereocenters. The number of halogens is 1. The first-order valence-corrected chi connectivity index (χ1v) is 12.3. The summed E-state index contributed by atoms with van der Waals surface area (Å²) in [6.45, 7) is 2.35. The molecule has 0 radical (unpaired) electrons. The molecule has 6 rings (SSSR count). The second kappa shape index (κ2) is 10.2. The second-order valence-electron chi connectivity index (χ2n) is 9.19. The average molecular weight is 533 g/mol. The number of amides is 3. The first-order valence-electron chi connectivity index (χ1n) is 11.8. The van der Waals surface area contributed by atoms with Crippen LogP contribution in [-0.4, -0.2) is 33.9 Å². The molecule has 194 valence electrons. The van der Waals surface area contributed by atoms with Gasteiger partial charge in [0.25, 0.3) is 5.56 Å². The van der Waals surface area contributed by atoms with Gasteiger partial charge in [0.1, 0.15) is 11.9 Å². The summed E-state index contributed by atoms with van der Waals surface area (Å²) >= 11 is 4.48. The highest BCUT2D eigenvalue weighted by molar-refractivity contribution is 7.80. The molecule has 0 fully saturated rings. The van der Waals surface area contributed by atoms with E-state index >= 15 is 4.39 Å². The van der Waals surface area contributed by atoms with Crippen LogP contribution in [0.25, 0.3) is 10.9 Å². The lowest BCUT2D eigenvalue weighted by atomic mass is 9.99. The number of hydrogen-bond donors (Lipinski definition) is 5. The lowest BCUT2D eigenvalue weighted by molar-refractivity contribution is -0.122. The largest absolute Gasteiger partial charge is 0.368 e. The smallest absolute Gasteiger partial charge is 0.321 e. The summed E-state index contributed by atoms with van der Waals surface area (Å²) in [5.74, 6) is -1.06. The number of fused-ring (bicyclic) bond motifs is 9. The van der Waals surface area contributed by atoms with E-state index in [2.05, 4.69) is 38.5 Å². The van der Waals surface area contributed by atoms with Crippen molar-refractivity contribution in [3.05, 3.63) is 93.3 Å². The third kappa shape index (κ3) is 5.05. The maximum Gasteiger partial charge on any atom is 0.321 e. The predicted octanol–water partition coefficient (Wildman–Crippen LogP) is 4.11. The molecule has 1 unspecified atom stereocenters. The van der Waals surface area contributed by atoms with Crippen LogP contribution in [0.4, 0.5) is 20.6 Å². The van der Waals surface area contributed by atoms with Crippen LogP contribution < -0.4 is 21.5 Å². The number of aryl methyl sites for hydroxylation is 1. The number of aromatic nitrogens is 2. The van der Waals surface area contributed by atoms with E-state index in [1.54, 1.807) is 36.2 Å². The second-order valence-corrected chi connectivity index (χ2v) is 9.67. The Balaban J connectivity index is 1.57. The molecule has 0 saturated carbocycles. The number of nitrogens with one attached hydrogen (secondary N) is 4. The van der Waals surface area contributed by atoms with Gasteiger partial charge in [0.05, 0.1) is 22.9 Å². The highest BCUT2D eigenvalue weighted by atomic mass is 32.1. The van der Waals surface area contributed by atoms with Gasteiger partial charge in [0.2, 0.25) is 5.91 Å². The van der Waals surface area contributed by atoms with Crippen molar-refractivity contribution in [1.82, 2.24) is 20.2 Å². The van der Waals surface area contributed by atoms with E-state index < -0.39 is 23.3 Å². The van der Waals surface area contributed by atoms with Gasteiger partial charge in [0, 0.05) is 36.8 Å². The molecule has 0 aliphatic carbocycles. The van der Waals surface area contributed by atoms with Gasteiger partial charge in [-0.05, 0) is 53.4 Å². The third-order valence-corrected chi connectivity index (χ3v) is 6.97. The molecule has 0 saturated heterocycles. The Morgan fingerprint density at radius 2 is 1.89 bits per heavy atom. The number of anilines is 2. The number of benzene rings is 3. The first-order chi connectivity index (χ1) is 18.2. The minimum Gasteiger partial charge on any atom is -0.368 e. The number of thiol groups is 1. The fraction of sp³-hybridized carbons (Fsp3) is 0.185. The predicted molar refractivity (Wildman–Crippen MR) is 146 cm³/mol. The van der Waals surface area contributed by atoms with Crippen LogP contribution in [0, 0.1) is 12.7 Å². The molecule has 3 aromatic carbocycles. The number of nitrogens with zero attached hydrogens (tertiary/aromatic N) is 2. The Bertz CT molecular complexity index is 1640. The van der Waals surface area contributed by atoms with Gasteiger partial charge in [-0.15, -0.1) is 12.6 Å². The number of aromatic amines is 1. The number of carbonyl (C=O) groups excluding carboxylic acids is 2. The van der Waals surface area contributed by atoms with Gasteiger partial charge in [-0.3, -0.25) is 9.59 Å². The lowest BCUT2D eigenvalue weighted by Gasteiger charge is -2.22. The highest BCUT2D eigenvalue weighted by Gasteiger charge is 2.24. The van der Waals surface area contributed by atoms with E-state index in [0.29, 0.717) is 28.3 Å². The van der Waals surface area contributed by atoms with Crippen LogP contribution in [0.2, 0.25) is 0 Å². The topological polar surface area (TPSA) is 119 Å². The monoisotopic (exact) mass is 532 g/mol. The maximum absolute atomic E-state index is 15.1. The normalized spacial score (nSPS) is 16.0. The molecule has 0 spiro atoms. The zero-order valence-corrected chi connectivity index (χ0v) is 21.5. The molecular weight excluding hydrogens is 507 g/mol. The Hall–Kier alpha value is -4.38. The first kappa shape index (κ1) is 25.3. The van der Waals surface area contributed by atoms with E-state index in [9.17, 15) is 14.4 Å². The summed E-state index contributed by atoms with van der Waals surface area (Å²) in [4.78, 5) is 47.3. The Labute approximate surface area is 222 Å². The summed E-state index contributed by atoms with van der Waals surface area (Å²) in [6, 6.07) is 11.9. The molecule has 2 aliphatic heterocycles. The Morgan fingerprint density at radius 1 is 1.08 bits per heavy atom. The third-order valence-electron chi connectivity index (χ3n) is 6.53. The van der Waals surface area contributed by atoms with E-state index in [1.165, 1.54) is 12.4 Å². The standard InChI is InChI=1S/C27H25FN6O3S/c1-14-7-15-3-4-16(14)12-34(2)27(37)32-18-5-6-23(38)17(8-18)11-29-26(36)24(15)33-22-9-19-21(10-20(22)28)30-13-31-25(19)35/h3-10,13,24,33,38H,11-12H2,1-2H3,(H,29,36)(H,32,37)(H,30,31,35). The molecule has 38 heavy (non-hydrogen) atoms. The van der Waals surface area contributed by atoms with Crippen molar-refractivity contribution < 1.29 is 14.0 Å². The SMILES string of the molecule is Cc1cc2ccc1CN(C)C(=O)Nc1ccc(S)c(c1)CNC(=O)C2Nc1cc2c(=O)[nH]cnc2cc1F. The maximum atomic E-state index is 15.1. The van der Waals surface area contributed by atoms with E-state index in [0.717, 1.165) is 17.2 Å². The molecule has 9 nitrogen and oxygen atoms in total. The molecule has 4 N–H and O–H groups in total. The van der Waals surface area contributed by atoms with Gasteiger partial charge in [-0.2, -0.15) is 0 Å². The number of H-pyrrole nitrogens is 1. The van der Waals surface area contributed by atoms with E-state index in [4.69, 9.17) is 0 Å². The van der Waals surface area contributed by atoms with Crippen molar-refractivity contribution in [1.29, 1.82) is 0 Å². The molecule has 3 heterocycles. The summed E-state index contributed by atoms with van der Waals surface area (Å²) in [5.41, 5.74) is 3.37. The van der Waals surface area contributed by atoms with E-state index in [-0.39, 0.29) is 29.2 Å². The van der Waals surface area contributed by atoms with Crippen LogP contribution in [0.3, 0.4) is 0 Å². The zero-order valence-electron chi connectivity index (χ0n) is 20.6. The van der Waals surface area contributed by atoms with Crippen LogP contribution in [0.1, 0.15) is 28.3 Å². The number of hydrogen-bond acceptors (Lipinski definition) is 6. The molecule has 4 aromatic rings. The Morgan fingerprint density at radius 3 is 2.68 bits per heavy atom.